The van der Waals surface area contributed by atoms with E-state index in [2.05, 4.69) is 17.4 Å². The van der Waals surface area contributed by atoms with E-state index in [0.717, 1.165) is 42.7 Å². The zero-order valence-electron chi connectivity index (χ0n) is 15.0. The molecular formula is C22H25NO3. The van der Waals surface area contributed by atoms with Crippen LogP contribution in [0.5, 0.6) is 11.5 Å². The summed E-state index contributed by atoms with van der Waals surface area (Å²) in [6.45, 7) is 1.37. The van der Waals surface area contributed by atoms with E-state index in [1.54, 1.807) is 0 Å². The minimum Gasteiger partial charge on any atom is -0.490 e. The highest BCUT2D eigenvalue weighted by atomic mass is 16.5. The Morgan fingerprint density at radius 3 is 2.46 bits per heavy atom. The van der Waals surface area contributed by atoms with Gasteiger partial charge in [-0.25, -0.2) is 0 Å². The Kier molecular flexibility index (Phi) is 4.83. The Balaban J connectivity index is 1.38. The molecule has 26 heavy (non-hydrogen) atoms. The van der Waals surface area contributed by atoms with Crippen molar-refractivity contribution < 1.29 is 14.3 Å². The van der Waals surface area contributed by atoms with E-state index in [9.17, 15) is 4.79 Å². The van der Waals surface area contributed by atoms with Crippen LogP contribution in [-0.2, 0) is 16.8 Å². The molecule has 0 unspecified atom stereocenters. The lowest BCUT2D eigenvalue weighted by atomic mass is 9.71. The van der Waals surface area contributed by atoms with Gasteiger partial charge in [0.25, 0.3) is 0 Å². The summed E-state index contributed by atoms with van der Waals surface area (Å²) in [4.78, 5) is 12.6. The van der Waals surface area contributed by atoms with Crippen LogP contribution in [0, 0.1) is 0 Å². The molecule has 4 rings (SSSR count). The average molecular weight is 351 g/mol. The Morgan fingerprint density at radius 1 is 0.962 bits per heavy atom. The quantitative estimate of drug-likeness (QED) is 0.886. The Hall–Kier alpha value is -2.49. The van der Waals surface area contributed by atoms with Gasteiger partial charge in [-0.3, -0.25) is 4.79 Å². The fourth-order valence-electron chi connectivity index (χ4n) is 3.72. The second kappa shape index (κ2) is 7.40. The lowest BCUT2D eigenvalue weighted by Gasteiger charge is -2.43. The molecule has 0 radical (unpaired) electrons. The summed E-state index contributed by atoms with van der Waals surface area (Å²) >= 11 is 0. The number of benzene rings is 2. The van der Waals surface area contributed by atoms with Crippen molar-refractivity contribution in [3.63, 3.8) is 0 Å². The predicted octanol–water partition coefficient (Wildman–Crippen LogP) is 3.98. The molecule has 1 saturated carbocycles. The molecule has 0 atom stereocenters. The summed E-state index contributed by atoms with van der Waals surface area (Å²) in [5, 5.41) is 3.29. The molecule has 1 fully saturated rings. The van der Waals surface area contributed by atoms with Gasteiger partial charge in [-0.05, 0) is 48.9 Å². The van der Waals surface area contributed by atoms with E-state index in [-0.39, 0.29) is 11.4 Å². The van der Waals surface area contributed by atoms with Crippen LogP contribution in [0.25, 0.3) is 0 Å². The first-order valence-corrected chi connectivity index (χ1v) is 9.50. The molecule has 1 aliphatic carbocycles. The second-order valence-corrected chi connectivity index (χ2v) is 7.18. The largest absolute Gasteiger partial charge is 0.490 e. The molecule has 1 N–H and O–H groups in total. The highest BCUT2D eigenvalue weighted by molar-refractivity contribution is 5.77. The van der Waals surface area contributed by atoms with Gasteiger partial charge in [0.2, 0.25) is 5.91 Å². The van der Waals surface area contributed by atoms with Crippen molar-refractivity contribution in [1.29, 1.82) is 0 Å². The molecule has 136 valence electrons. The molecule has 4 heteroatoms. The number of carbonyl (C=O) groups excluding carboxylic acids is 1. The van der Waals surface area contributed by atoms with Gasteiger partial charge in [-0.2, -0.15) is 0 Å². The molecule has 1 heterocycles. The highest BCUT2D eigenvalue weighted by Gasteiger charge is 2.39. The molecule has 4 nitrogen and oxygen atoms in total. The number of carbonyl (C=O) groups is 1. The van der Waals surface area contributed by atoms with Gasteiger partial charge in [0.05, 0.1) is 18.8 Å². The van der Waals surface area contributed by atoms with Crippen molar-refractivity contribution in [3.8, 4) is 11.5 Å². The number of fused-ring (bicyclic) bond motifs is 1. The normalized spacial score (nSPS) is 17.7. The fraction of sp³-hybridized carbons (Fsp3) is 0.409. The maximum Gasteiger partial charge on any atom is 0.221 e. The maximum atomic E-state index is 12.6. The van der Waals surface area contributed by atoms with Gasteiger partial charge in [0.1, 0.15) is 0 Å². The molecule has 2 aromatic carbocycles. The zero-order valence-corrected chi connectivity index (χ0v) is 15.0. The third-order valence-electron chi connectivity index (χ3n) is 5.36. The van der Waals surface area contributed by atoms with E-state index in [1.165, 1.54) is 5.56 Å². The molecule has 2 aliphatic rings. The predicted molar refractivity (Wildman–Crippen MR) is 100 cm³/mol. The van der Waals surface area contributed by atoms with Gasteiger partial charge < -0.3 is 14.8 Å². The third kappa shape index (κ3) is 3.55. The molecular weight excluding hydrogens is 326 g/mol. The molecule has 0 saturated heterocycles. The fourth-order valence-corrected chi connectivity index (χ4v) is 3.72. The van der Waals surface area contributed by atoms with Crippen molar-refractivity contribution in [1.82, 2.24) is 5.32 Å². The van der Waals surface area contributed by atoms with Crippen molar-refractivity contribution in [3.05, 3.63) is 59.7 Å². The van der Waals surface area contributed by atoms with Crippen LogP contribution in [0.2, 0.25) is 0 Å². The number of amides is 1. The van der Waals surface area contributed by atoms with Crippen molar-refractivity contribution in [2.45, 2.75) is 44.1 Å². The number of hydrogen-bond acceptors (Lipinski definition) is 3. The molecule has 1 aliphatic heterocycles. The summed E-state index contributed by atoms with van der Waals surface area (Å²) in [7, 11) is 0. The van der Waals surface area contributed by atoms with E-state index in [0.29, 0.717) is 26.1 Å². The van der Waals surface area contributed by atoms with Crippen molar-refractivity contribution in [2.24, 2.45) is 0 Å². The molecule has 2 aromatic rings. The van der Waals surface area contributed by atoms with Gasteiger partial charge in [0.15, 0.2) is 11.5 Å². The number of ether oxygens (including phenoxy) is 2. The number of rotatable bonds is 5. The van der Waals surface area contributed by atoms with Crippen LogP contribution < -0.4 is 14.8 Å². The number of nitrogens with one attached hydrogen (secondary N) is 1. The van der Waals surface area contributed by atoms with Gasteiger partial charge in [-0.1, -0.05) is 36.4 Å². The Labute approximate surface area is 154 Å². The van der Waals surface area contributed by atoms with Crippen LogP contribution >= 0.6 is 0 Å². The first kappa shape index (κ1) is 17.0. The van der Waals surface area contributed by atoms with Gasteiger partial charge in [-0.15, -0.1) is 0 Å². The topological polar surface area (TPSA) is 47.6 Å². The summed E-state index contributed by atoms with van der Waals surface area (Å²) in [6, 6.07) is 16.3. The second-order valence-electron chi connectivity index (χ2n) is 7.18. The number of hydrogen-bond donors (Lipinski definition) is 1. The molecule has 1 amide bonds. The van der Waals surface area contributed by atoms with E-state index in [1.807, 2.05) is 36.4 Å². The van der Waals surface area contributed by atoms with E-state index < -0.39 is 0 Å². The highest BCUT2D eigenvalue weighted by Crippen LogP contribution is 2.41. The Bertz CT molecular complexity index is 768. The lowest BCUT2D eigenvalue weighted by molar-refractivity contribution is -0.124. The molecule has 0 spiro atoms. The first-order chi connectivity index (χ1) is 12.8. The standard InChI is InChI=1S/C22H25NO3/c24-21(23-22(12-4-13-22)18-6-2-1-3-7-18)11-9-17-8-10-19-20(16-17)26-15-5-14-25-19/h1-3,6-8,10,16H,4-5,9,11-15H2,(H,23,24). The SMILES string of the molecule is O=C(CCc1ccc2c(c1)OCCCO2)NC1(c2ccccc2)CCC1. The van der Waals surface area contributed by atoms with Gasteiger partial charge >= 0.3 is 0 Å². The minimum atomic E-state index is -0.164. The van der Waals surface area contributed by atoms with Gasteiger partial charge in [0, 0.05) is 12.8 Å². The third-order valence-corrected chi connectivity index (χ3v) is 5.36. The van der Waals surface area contributed by atoms with Crippen LogP contribution in [-0.4, -0.2) is 19.1 Å². The maximum absolute atomic E-state index is 12.6. The van der Waals surface area contributed by atoms with Crippen LogP contribution in [0.3, 0.4) is 0 Å². The van der Waals surface area contributed by atoms with Crippen LogP contribution in [0.15, 0.2) is 48.5 Å². The summed E-state index contributed by atoms with van der Waals surface area (Å²) in [5.74, 6) is 1.70. The number of aryl methyl sites for hydroxylation is 1. The summed E-state index contributed by atoms with van der Waals surface area (Å²) in [5.41, 5.74) is 2.16. The summed E-state index contributed by atoms with van der Waals surface area (Å²) < 4.78 is 11.4. The monoisotopic (exact) mass is 351 g/mol. The molecule has 0 aromatic heterocycles. The van der Waals surface area contributed by atoms with E-state index in [4.69, 9.17) is 9.47 Å². The van der Waals surface area contributed by atoms with Crippen molar-refractivity contribution >= 4 is 5.91 Å². The minimum absolute atomic E-state index is 0.112. The smallest absolute Gasteiger partial charge is 0.221 e. The zero-order chi connectivity index (χ0) is 17.8. The summed E-state index contributed by atoms with van der Waals surface area (Å²) in [6.07, 6.45) is 5.28. The lowest BCUT2D eigenvalue weighted by Crippen LogP contribution is -2.50. The van der Waals surface area contributed by atoms with Crippen LogP contribution in [0.4, 0.5) is 0 Å². The first-order valence-electron chi connectivity index (χ1n) is 9.50. The van der Waals surface area contributed by atoms with Crippen molar-refractivity contribution in [2.75, 3.05) is 13.2 Å². The molecule has 0 bridgehead atoms. The van der Waals surface area contributed by atoms with E-state index >= 15 is 0 Å². The average Bonchev–Trinajstić information content (AvgIpc) is 2.88. The van der Waals surface area contributed by atoms with Crippen LogP contribution in [0.1, 0.15) is 43.2 Å². The Morgan fingerprint density at radius 2 is 1.73 bits per heavy atom.